The Morgan fingerprint density at radius 2 is 2.00 bits per heavy atom. The number of carbonyl (C=O) groups is 1. The first kappa shape index (κ1) is 18.8. The zero-order valence-electron chi connectivity index (χ0n) is 15.6. The Kier molecular flexibility index (Phi) is 6.86. The summed E-state index contributed by atoms with van der Waals surface area (Å²) in [4.78, 5) is 21.0. The summed E-state index contributed by atoms with van der Waals surface area (Å²) in [6.07, 6.45) is 2.94. The lowest BCUT2D eigenvalue weighted by atomic mass is 10.1. The molecule has 136 valence electrons. The summed E-state index contributed by atoms with van der Waals surface area (Å²) in [5.74, 6) is 1.18. The Balaban J connectivity index is 1.93. The molecule has 0 aliphatic rings. The predicted molar refractivity (Wildman–Crippen MR) is 104 cm³/mol. The Morgan fingerprint density at radius 3 is 2.72 bits per heavy atom. The fourth-order valence-corrected chi connectivity index (χ4v) is 2.42. The first-order valence-electron chi connectivity index (χ1n) is 8.74. The van der Waals surface area contributed by atoms with Crippen molar-refractivity contribution in [1.29, 1.82) is 0 Å². The van der Waals surface area contributed by atoms with E-state index >= 15 is 0 Å². The van der Waals surface area contributed by atoms with E-state index in [1.165, 1.54) is 10.9 Å². The Bertz CT molecular complexity index is 717. The highest BCUT2D eigenvalue weighted by Gasteiger charge is 2.06. The fraction of sp³-hybridized carbons (Fsp3) is 0.474. The van der Waals surface area contributed by atoms with Gasteiger partial charge in [-0.25, -0.2) is 4.99 Å². The van der Waals surface area contributed by atoms with Crippen LogP contribution in [0, 0.1) is 5.92 Å². The van der Waals surface area contributed by atoms with Crippen LogP contribution in [0.25, 0.3) is 10.9 Å². The number of nitrogens with zero attached hydrogens (tertiary/aromatic N) is 2. The van der Waals surface area contributed by atoms with Crippen molar-refractivity contribution in [2.75, 3.05) is 33.7 Å². The van der Waals surface area contributed by atoms with Crippen molar-refractivity contribution >= 4 is 22.8 Å². The van der Waals surface area contributed by atoms with Crippen LogP contribution in [0.5, 0.6) is 0 Å². The molecule has 1 heterocycles. The summed E-state index contributed by atoms with van der Waals surface area (Å²) < 4.78 is 0. The molecular weight excluding hydrogens is 314 g/mol. The fourth-order valence-electron chi connectivity index (χ4n) is 2.42. The van der Waals surface area contributed by atoms with E-state index in [2.05, 4.69) is 58.9 Å². The van der Waals surface area contributed by atoms with Gasteiger partial charge < -0.3 is 20.5 Å². The molecule has 0 unspecified atom stereocenters. The summed E-state index contributed by atoms with van der Waals surface area (Å²) in [6, 6.07) is 8.29. The molecule has 2 aromatic rings. The lowest BCUT2D eigenvalue weighted by molar-refractivity contribution is -0.127. The van der Waals surface area contributed by atoms with Crippen LogP contribution in [0.3, 0.4) is 0 Å². The van der Waals surface area contributed by atoms with Crippen LogP contribution in [0.1, 0.15) is 19.4 Å². The zero-order chi connectivity index (χ0) is 18.2. The number of rotatable bonds is 7. The molecule has 0 spiro atoms. The third kappa shape index (κ3) is 5.81. The SMILES string of the molecule is CC(C)CNC(=NCC(=O)N(C)C)NCCc1c[nH]c2ccccc12. The minimum atomic E-state index is -0.0118. The third-order valence-corrected chi connectivity index (χ3v) is 3.91. The van der Waals surface area contributed by atoms with Gasteiger partial charge >= 0.3 is 0 Å². The number of benzene rings is 1. The molecule has 0 radical (unpaired) electrons. The molecule has 6 heteroatoms. The number of amides is 1. The number of hydrogen-bond acceptors (Lipinski definition) is 2. The minimum Gasteiger partial charge on any atom is -0.361 e. The van der Waals surface area contributed by atoms with Crippen molar-refractivity contribution < 1.29 is 4.79 Å². The maximum atomic E-state index is 11.8. The Morgan fingerprint density at radius 1 is 1.24 bits per heavy atom. The summed E-state index contributed by atoms with van der Waals surface area (Å²) >= 11 is 0. The van der Waals surface area contributed by atoms with Gasteiger partial charge in [0.15, 0.2) is 5.96 Å². The standard InChI is InChI=1S/C19H29N5O/c1-14(2)11-22-19(23-13-18(25)24(3)4)20-10-9-15-12-21-17-8-6-5-7-16(15)17/h5-8,12,14,21H,9-11,13H2,1-4H3,(H2,20,22,23). The van der Waals surface area contributed by atoms with Crippen LogP contribution >= 0.6 is 0 Å². The predicted octanol–water partition coefficient (Wildman–Crippen LogP) is 1.99. The number of aliphatic imine (C=N–C) groups is 1. The molecule has 1 aromatic heterocycles. The molecule has 0 aliphatic carbocycles. The van der Waals surface area contributed by atoms with Gasteiger partial charge in [0.05, 0.1) is 0 Å². The highest BCUT2D eigenvalue weighted by Crippen LogP contribution is 2.17. The molecule has 0 saturated carbocycles. The van der Waals surface area contributed by atoms with E-state index in [4.69, 9.17) is 0 Å². The second-order valence-corrected chi connectivity index (χ2v) is 6.76. The first-order valence-corrected chi connectivity index (χ1v) is 8.74. The molecule has 1 amide bonds. The molecule has 3 N–H and O–H groups in total. The Hall–Kier alpha value is -2.50. The van der Waals surface area contributed by atoms with Crippen molar-refractivity contribution in [3.8, 4) is 0 Å². The second-order valence-electron chi connectivity index (χ2n) is 6.76. The number of para-hydroxylation sites is 1. The highest BCUT2D eigenvalue weighted by atomic mass is 16.2. The van der Waals surface area contributed by atoms with Gasteiger partial charge in [0.1, 0.15) is 6.54 Å². The lowest BCUT2D eigenvalue weighted by Crippen LogP contribution is -2.41. The van der Waals surface area contributed by atoms with Crippen molar-refractivity contribution in [2.45, 2.75) is 20.3 Å². The van der Waals surface area contributed by atoms with E-state index in [0.29, 0.717) is 11.9 Å². The van der Waals surface area contributed by atoms with Gasteiger partial charge in [0.2, 0.25) is 5.91 Å². The molecule has 0 atom stereocenters. The van der Waals surface area contributed by atoms with Crippen molar-refractivity contribution in [3.05, 3.63) is 36.0 Å². The maximum absolute atomic E-state index is 11.8. The molecule has 0 fully saturated rings. The quantitative estimate of drug-likeness (QED) is 0.532. The van der Waals surface area contributed by atoms with Gasteiger partial charge in [-0.3, -0.25) is 4.79 Å². The summed E-state index contributed by atoms with van der Waals surface area (Å²) in [7, 11) is 3.48. The third-order valence-electron chi connectivity index (χ3n) is 3.91. The van der Waals surface area contributed by atoms with Gasteiger partial charge in [-0.1, -0.05) is 32.0 Å². The van der Waals surface area contributed by atoms with Crippen LogP contribution in [-0.2, 0) is 11.2 Å². The topological polar surface area (TPSA) is 72.5 Å². The van der Waals surface area contributed by atoms with Crippen LogP contribution in [0.15, 0.2) is 35.5 Å². The van der Waals surface area contributed by atoms with Crippen molar-refractivity contribution in [1.82, 2.24) is 20.5 Å². The summed E-state index contributed by atoms with van der Waals surface area (Å²) in [5, 5.41) is 7.87. The smallest absolute Gasteiger partial charge is 0.243 e. The van der Waals surface area contributed by atoms with Gasteiger partial charge in [0.25, 0.3) is 0 Å². The number of carbonyl (C=O) groups excluding carboxylic acids is 1. The lowest BCUT2D eigenvalue weighted by Gasteiger charge is -2.15. The zero-order valence-corrected chi connectivity index (χ0v) is 15.6. The van der Waals surface area contributed by atoms with Gasteiger partial charge in [-0.15, -0.1) is 0 Å². The highest BCUT2D eigenvalue weighted by molar-refractivity contribution is 5.85. The van der Waals surface area contributed by atoms with E-state index in [-0.39, 0.29) is 12.5 Å². The largest absolute Gasteiger partial charge is 0.361 e. The monoisotopic (exact) mass is 343 g/mol. The number of aromatic nitrogens is 1. The number of H-pyrrole nitrogens is 1. The summed E-state index contributed by atoms with van der Waals surface area (Å²) in [6.45, 7) is 5.99. The van der Waals surface area contributed by atoms with Gasteiger partial charge in [0, 0.05) is 44.3 Å². The van der Waals surface area contributed by atoms with Crippen molar-refractivity contribution in [2.24, 2.45) is 10.9 Å². The molecule has 0 bridgehead atoms. The molecule has 0 aliphatic heterocycles. The van der Waals surface area contributed by atoms with E-state index in [1.54, 1.807) is 19.0 Å². The minimum absolute atomic E-state index is 0.0118. The first-order chi connectivity index (χ1) is 12.0. The number of hydrogen-bond donors (Lipinski definition) is 3. The van der Waals surface area contributed by atoms with Gasteiger partial charge in [-0.2, -0.15) is 0 Å². The van der Waals surface area contributed by atoms with Gasteiger partial charge in [-0.05, 0) is 24.0 Å². The molecule has 6 nitrogen and oxygen atoms in total. The average molecular weight is 343 g/mol. The van der Waals surface area contributed by atoms with Crippen LogP contribution in [0.4, 0.5) is 0 Å². The van der Waals surface area contributed by atoms with E-state index in [1.807, 2.05) is 6.07 Å². The maximum Gasteiger partial charge on any atom is 0.243 e. The van der Waals surface area contributed by atoms with E-state index in [9.17, 15) is 4.79 Å². The normalized spacial score (nSPS) is 11.8. The molecule has 2 rings (SSSR count). The molecule has 1 aromatic carbocycles. The second kappa shape index (κ2) is 9.11. The number of fused-ring (bicyclic) bond motifs is 1. The number of nitrogens with one attached hydrogen (secondary N) is 3. The molecule has 0 saturated heterocycles. The molecular formula is C19H29N5O. The van der Waals surface area contributed by atoms with Crippen LogP contribution < -0.4 is 10.6 Å². The number of likely N-dealkylation sites (N-methyl/N-ethyl adjacent to an activating group) is 1. The van der Waals surface area contributed by atoms with Crippen LogP contribution in [0.2, 0.25) is 0 Å². The average Bonchev–Trinajstić information content (AvgIpc) is 2.99. The van der Waals surface area contributed by atoms with Crippen molar-refractivity contribution in [3.63, 3.8) is 0 Å². The van der Waals surface area contributed by atoms with E-state index < -0.39 is 0 Å². The summed E-state index contributed by atoms with van der Waals surface area (Å²) in [5.41, 5.74) is 2.43. The number of aromatic amines is 1. The van der Waals surface area contributed by atoms with E-state index in [0.717, 1.165) is 25.0 Å². The number of guanidine groups is 1. The Labute approximate surface area is 149 Å². The van der Waals surface area contributed by atoms with Crippen LogP contribution in [-0.4, -0.2) is 55.5 Å². The molecule has 25 heavy (non-hydrogen) atoms.